The fourth-order valence-corrected chi connectivity index (χ4v) is 3.36. The predicted molar refractivity (Wildman–Crippen MR) is 88.0 cm³/mol. The first-order valence-electron chi connectivity index (χ1n) is 8.04. The lowest BCUT2D eigenvalue weighted by Gasteiger charge is -2.38. The highest BCUT2D eigenvalue weighted by molar-refractivity contribution is 6.10. The van der Waals surface area contributed by atoms with E-state index in [9.17, 15) is 25.2 Å². The van der Waals surface area contributed by atoms with Gasteiger partial charge in [-0.15, -0.1) is 0 Å². The molecule has 4 rings (SSSR count). The number of H-pyrrole nitrogens is 2. The number of carbonyl (C=O) groups is 1. The summed E-state index contributed by atoms with van der Waals surface area (Å²) in [5, 5.41) is 53.8. The van der Waals surface area contributed by atoms with Crippen LogP contribution in [-0.4, -0.2) is 75.5 Å². The molecule has 1 aliphatic rings. The van der Waals surface area contributed by atoms with E-state index in [4.69, 9.17) is 0 Å². The maximum atomic E-state index is 12.9. The molecule has 0 radical (unpaired) electrons. The number of hydrogen-bond acceptors (Lipinski definition) is 8. The van der Waals surface area contributed by atoms with E-state index in [2.05, 4.69) is 25.4 Å². The number of aliphatic hydroxyl groups is 4. The van der Waals surface area contributed by atoms with E-state index in [-0.39, 0.29) is 18.5 Å². The Morgan fingerprint density at radius 2 is 1.88 bits per heavy atom. The smallest absolute Gasteiger partial charge is 0.215 e. The molecule has 1 aliphatic carbocycles. The molecule has 0 amide bonds. The van der Waals surface area contributed by atoms with Gasteiger partial charge >= 0.3 is 0 Å². The van der Waals surface area contributed by atoms with Crippen LogP contribution < -0.4 is 0 Å². The third-order valence-electron chi connectivity index (χ3n) is 4.77. The van der Waals surface area contributed by atoms with Crippen LogP contribution in [0.15, 0.2) is 24.5 Å². The van der Waals surface area contributed by atoms with Crippen LogP contribution in [0.1, 0.15) is 23.3 Å². The van der Waals surface area contributed by atoms with E-state index in [0.717, 1.165) is 0 Å². The van der Waals surface area contributed by atoms with Gasteiger partial charge in [0.25, 0.3) is 0 Å². The van der Waals surface area contributed by atoms with E-state index in [1.807, 2.05) is 0 Å². The number of nitrogens with zero attached hydrogens (tertiary/aromatic N) is 3. The molecule has 0 spiro atoms. The van der Waals surface area contributed by atoms with Crippen LogP contribution in [0, 0.1) is 0 Å². The monoisotopic (exact) mass is 359 g/mol. The zero-order valence-corrected chi connectivity index (χ0v) is 13.5. The molecule has 136 valence electrons. The Balaban J connectivity index is 1.74. The fourth-order valence-electron chi connectivity index (χ4n) is 3.36. The summed E-state index contributed by atoms with van der Waals surface area (Å²) in [6.07, 6.45) is -3.65. The highest BCUT2D eigenvalue weighted by Crippen LogP contribution is 2.34. The summed E-state index contributed by atoms with van der Waals surface area (Å²) in [5.41, 5.74) is -0.781. The van der Waals surface area contributed by atoms with Gasteiger partial charge in [-0.25, -0.2) is 4.98 Å². The van der Waals surface area contributed by atoms with Crippen LogP contribution >= 0.6 is 0 Å². The molecule has 10 nitrogen and oxygen atoms in total. The van der Waals surface area contributed by atoms with Gasteiger partial charge in [0, 0.05) is 23.8 Å². The molecule has 0 aliphatic heterocycles. The summed E-state index contributed by atoms with van der Waals surface area (Å²) in [7, 11) is 0. The van der Waals surface area contributed by atoms with Gasteiger partial charge in [-0.1, -0.05) is 0 Å². The van der Waals surface area contributed by atoms with E-state index in [0.29, 0.717) is 22.3 Å². The zero-order valence-electron chi connectivity index (χ0n) is 13.5. The number of aromatic nitrogens is 5. The van der Waals surface area contributed by atoms with Crippen molar-refractivity contribution in [2.75, 3.05) is 0 Å². The summed E-state index contributed by atoms with van der Waals surface area (Å²) in [6, 6.07) is 5.17. The molecule has 2 heterocycles. The molecule has 3 aromatic rings. The summed E-state index contributed by atoms with van der Waals surface area (Å²) < 4.78 is 0. The van der Waals surface area contributed by atoms with Crippen molar-refractivity contribution in [2.45, 2.75) is 36.8 Å². The number of rotatable bonds is 3. The summed E-state index contributed by atoms with van der Waals surface area (Å²) in [6.45, 7) is 0. The minimum atomic E-state index is -2.03. The molecule has 10 heteroatoms. The van der Waals surface area contributed by atoms with Crippen LogP contribution in [-0.2, 0) is 0 Å². The van der Waals surface area contributed by atoms with Crippen molar-refractivity contribution in [2.24, 2.45) is 0 Å². The summed E-state index contributed by atoms with van der Waals surface area (Å²) >= 11 is 0. The minimum absolute atomic E-state index is 0.0142. The molecule has 0 unspecified atom stereocenters. The predicted octanol–water partition coefficient (Wildman–Crippen LogP) is -0.862. The molecule has 2 aromatic heterocycles. The Morgan fingerprint density at radius 3 is 2.54 bits per heavy atom. The van der Waals surface area contributed by atoms with Crippen LogP contribution in [0.3, 0.4) is 0 Å². The maximum Gasteiger partial charge on any atom is 0.215 e. The van der Waals surface area contributed by atoms with Gasteiger partial charge in [-0.2, -0.15) is 10.2 Å². The second-order valence-electron chi connectivity index (χ2n) is 6.56. The number of ketones is 1. The number of aromatic amines is 2. The normalized spacial score (nSPS) is 29.2. The van der Waals surface area contributed by atoms with Gasteiger partial charge < -0.3 is 20.4 Å². The number of carbonyl (C=O) groups excluding carboxylic acids is 1. The number of nitrogens with one attached hydrogen (secondary N) is 2. The van der Waals surface area contributed by atoms with Gasteiger partial charge in [-0.05, 0) is 18.2 Å². The molecule has 6 N–H and O–H groups in total. The van der Waals surface area contributed by atoms with Crippen molar-refractivity contribution in [1.82, 2.24) is 25.4 Å². The number of aliphatic hydroxyl groups excluding tert-OH is 3. The third-order valence-corrected chi connectivity index (χ3v) is 4.77. The molecule has 1 saturated carbocycles. The van der Waals surface area contributed by atoms with Gasteiger partial charge in [0.05, 0.1) is 17.7 Å². The highest BCUT2D eigenvalue weighted by Gasteiger charge is 2.49. The van der Waals surface area contributed by atoms with Crippen LogP contribution in [0.4, 0.5) is 0 Å². The molecule has 0 bridgehead atoms. The van der Waals surface area contributed by atoms with Crippen molar-refractivity contribution in [3.8, 4) is 11.4 Å². The second kappa shape index (κ2) is 5.95. The van der Waals surface area contributed by atoms with Crippen LogP contribution in [0.5, 0.6) is 0 Å². The molecular formula is C16H17N5O5. The molecule has 2 atom stereocenters. The quantitative estimate of drug-likeness (QED) is 0.328. The average Bonchev–Trinajstić information content (AvgIpc) is 3.28. The molecular weight excluding hydrogens is 342 g/mol. The van der Waals surface area contributed by atoms with Gasteiger partial charge in [0.2, 0.25) is 5.78 Å². The Hall–Kier alpha value is -2.66. The number of Topliss-reactive ketones (excluding diaryl/α,β-unsaturated/α-hetero) is 1. The molecule has 1 fully saturated rings. The van der Waals surface area contributed by atoms with Gasteiger partial charge in [0.1, 0.15) is 23.7 Å². The lowest BCUT2D eigenvalue weighted by Crippen LogP contribution is -2.56. The maximum absolute atomic E-state index is 12.9. The van der Waals surface area contributed by atoms with Crippen molar-refractivity contribution in [3.63, 3.8) is 0 Å². The Morgan fingerprint density at radius 1 is 1.15 bits per heavy atom. The largest absolute Gasteiger partial charge is 0.390 e. The van der Waals surface area contributed by atoms with Crippen LogP contribution in [0.2, 0.25) is 0 Å². The lowest BCUT2D eigenvalue weighted by molar-refractivity contribution is -0.139. The Kier molecular flexibility index (Phi) is 3.84. The topological polar surface area (TPSA) is 168 Å². The molecule has 0 saturated heterocycles. The van der Waals surface area contributed by atoms with Crippen molar-refractivity contribution < 1.29 is 25.2 Å². The molecule has 26 heavy (non-hydrogen) atoms. The molecule has 1 aromatic carbocycles. The average molecular weight is 359 g/mol. The first kappa shape index (κ1) is 16.8. The summed E-state index contributed by atoms with van der Waals surface area (Å²) in [5.74, 6) is -0.222. The number of benzene rings is 1. The van der Waals surface area contributed by atoms with Crippen LogP contribution in [0.25, 0.3) is 22.3 Å². The lowest BCUT2D eigenvalue weighted by atomic mass is 9.76. The van der Waals surface area contributed by atoms with Crippen molar-refractivity contribution in [3.05, 3.63) is 30.2 Å². The first-order valence-corrected chi connectivity index (χ1v) is 8.04. The minimum Gasteiger partial charge on any atom is -0.390 e. The Labute approximate surface area is 146 Å². The standard InChI is InChI=1S/C16H17N5O5/c22-10-4-16(26,5-11(23)13(10)24)14(25)12-8-3-7(15-17-6-18-21-15)1-2-9(8)19-20-12/h1-3,6,10-11,13,22-24,26H,4-5H2,(H,19,20)(H,17,18,21)/t10-,11-,13?,16?/m1/s1. The number of fused-ring (bicyclic) bond motifs is 1. The van der Waals surface area contributed by atoms with Gasteiger partial charge in [-0.3, -0.25) is 15.0 Å². The van der Waals surface area contributed by atoms with Gasteiger partial charge in [0.15, 0.2) is 5.82 Å². The fraction of sp³-hybridized carbons (Fsp3) is 0.375. The van der Waals surface area contributed by atoms with Crippen molar-refractivity contribution in [1.29, 1.82) is 0 Å². The summed E-state index contributed by atoms with van der Waals surface area (Å²) in [4.78, 5) is 17.0. The Bertz CT molecular complexity index is 941. The second-order valence-corrected chi connectivity index (χ2v) is 6.56. The SMILES string of the molecule is O=C(c1n[nH]c2ccc(-c3ncn[nH]3)cc12)C1(O)C[C@@H](O)C(O)[C@H](O)C1. The number of hydrogen-bond donors (Lipinski definition) is 6. The first-order chi connectivity index (χ1) is 12.4. The van der Waals surface area contributed by atoms with E-state index in [1.165, 1.54) is 6.33 Å². The highest BCUT2D eigenvalue weighted by atomic mass is 16.4. The van der Waals surface area contributed by atoms with Crippen molar-refractivity contribution >= 4 is 16.7 Å². The van der Waals surface area contributed by atoms with E-state index >= 15 is 0 Å². The third kappa shape index (κ3) is 2.59. The zero-order chi connectivity index (χ0) is 18.5. The van der Waals surface area contributed by atoms with E-state index in [1.54, 1.807) is 18.2 Å². The van der Waals surface area contributed by atoms with E-state index < -0.39 is 29.7 Å².